The molecule has 190 valence electrons. The number of amides is 1. The largest absolute Gasteiger partial charge is 0.459 e. The van der Waals surface area contributed by atoms with Crippen LogP contribution in [0.3, 0.4) is 0 Å². The van der Waals surface area contributed by atoms with Gasteiger partial charge in [0.25, 0.3) is 0 Å². The molecular formula is C23H33NO10. The molecule has 0 aromatic heterocycles. The van der Waals surface area contributed by atoms with Crippen LogP contribution >= 0.6 is 0 Å². The minimum absolute atomic E-state index is 0.0803. The second-order valence-corrected chi connectivity index (χ2v) is 9.45. The molecule has 2 aliphatic carbocycles. The highest BCUT2D eigenvalue weighted by molar-refractivity contribution is 5.78. The topological polar surface area (TPSA) is 158 Å². The maximum Gasteiger partial charge on any atom is 0.407 e. The molecule has 3 N–H and O–H groups in total. The van der Waals surface area contributed by atoms with E-state index < -0.39 is 71.5 Å². The molecule has 11 heteroatoms. The lowest BCUT2D eigenvalue weighted by molar-refractivity contribution is -0.189. The van der Waals surface area contributed by atoms with E-state index in [1.807, 2.05) is 0 Å². The summed E-state index contributed by atoms with van der Waals surface area (Å²) >= 11 is 0. The van der Waals surface area contributed by atoms with Crippen LogP contribution in [-0.2, 0) is 33.3 Å². The lowest BCUT2D eigenvalue weighted by atomic mass is 9.78. The van der Waals surface area contributed by atoms with Gasteiger partial charge in [-0.15, -0.1) is 0 Å². The number of ether oxygens (including phenoxy) is 4. The summed E-state index contributed by atoms with van der Waals surface area (Å²) in [6.07, 6.45) is -5.61. The van der Waals surface area contributed by atoms with Gasteiger partial charge in [-0.2, -0.15) is 0 Å². The van der Waals surface area contributed by atoms with Gasteiger partial charge in [0.2, 0.25) is 0 Å². The molecule has 0 radical (unpaired) electrons. The molecule has 34 heavy (non-hydrogen) atoms. The smallest absolute Gasteiger partial charge is 0.407 e. The summed E-state index contributed by atoms with van der Waals surface area (Å²) in [5, 5.41) is 25.3. The monoisotopic (exact) mass is 483 g/mol. The number of carbonyl (C=O) groups excluding carboxylic acids is 4. The van der Waals surface area contributed by atoms with Crippen LogP contribution in [0.5, 0.6) is 0 Å². The van der Waals surface area contributed by atoms with E-state index in [4.69, 9.17) is 18.9 Å². The molecule has 0 aromatic rings. The van der Waals surface area contributed by atoms with Crippen LogP contribution in [0.4, 0.5) is 4.79 Å². The van der Waals surface area contributed by atoms with Crippen molar-refractivity contribution >= 4 is 24.0 Å². The van der Waals surface area contributed by atoms with Gasteiger partial charge in [0.15, 0.2) is 11.7 Å². The Morgan fingerprint density at radius 1 is 1.26 bits per heavy atom. The minimum Gasteiger partial charge on any atom is -0.459 e. The third-order valence-corrected chi connectivity index (χ3v) is 7.17. The number of nitrogens with one attached hydrogen (secondary N) is 1. The van der Waals surface area contributed by atoms with Crippen molar-refractivity contribution in [3.8, 4) is 0 Å². The lowest BCUT2D eigenvalue weighted by Crippen LogP contribution is -2.56. The highest BCUT2D eigenvalue weighted by atomic mass is 16.6. The number of aliphatic hydroxyl groups is 2. The molecule has 0 aromatic carbocycles. The molecule has 2 fully saturated rings. The summed E-state index contributed by atoms with van der Waals surface area (Å²) in [6, 6.07) is 0. The Morgan fingerprint density at radius 2 is 1.91 bits per heavy atom. The van der Waals surface area contributed by atoms with Crippen molar-refractivity contribution in [3.63, 3.8) is 0 Å². The summed E-state index contributed by atoms with van der Waals surface area (Å²) in [5.41, 5.74) is -2.92. The Morgan fingerprint density at radius 3 is 2.47 bits per heavy atom. The standard InChI is InChI=1S/C23H33NO10/c1-7-8-14(26)31-13-9-22(5,34-12(4)25)16-15(19-23(13,30)11(3)20(28)33-19)10(2)17(27)18(16)32-21(29)24-6/h11,13,16-19,27,30H,7-9H2,1-6H3,(H,24,29)/t11-,13-,16?,17-,18-,19-,22-,23+/m0/s1. The number of rotatable bonds is 5. The third-order valence-electron chi connectivity index (χ3n) is 7.17. The van der Waals surface area contributed by atoms with Crippen LogP contribution in [-0.4, -0.2) is 76.9 Å². The van der Waals surface area contributed by atoms with E-state index in [-0.39, 0.29) is 18.4 Å². The number of hydrogen-bond donors (Lipinski definition) is 3. The fraction of sp³-hybridized carbons (Fsp3) is 0.739. The van der Waals surface area contributed by atoms with Crippen molar-refractivity contribution in [3.05, 3.63) is 11.1 Å². The first-order chi connectivity index (χ1) is 15.8. The van der Waals surface area contributed by atoms with E-state index >= 15 is 0 Å². The zero-order chi connectivity index (χ0) is 25.6. The number of aliphatic hydroxyl groups excluding tert-OH is 1. The van der Waals surface area contributed by atoms with E-state index in [9.17, 15) is 29.4 Å². The normalized spacial score (nSPS) is 38.9. The van der Waals surface area contributed by atoms with E-state index in [0.29, 0.717) is 12.0 Å². The van der Waals surface area contributed by atoms with Crippen LogP contribution in [0.15, 0.2) is 11.1 Å². The van der Waals surface area contributed by atoms with Crippen LogP contribution in [0.1, 0.15) is 53.9 Å². The Labute approximate surface area is 197 Å². The van der Waals surface area contributed by atoms with Crippen LogP contribution in [0.25, 0.3) is 0 Å². The first-order valence-corrected chi connectivity index (χ1v) is 11.4. The predicted octanol–water partition coefficient (Wildman–Crippen LogP) is 0.748. The molecular weight excluding hydrogens is 450 g/mol. The third kappa shape index (κ3) is 4.04. The molecule has 1 amide bonds. The van der Waals surface area contributed by atoms with Gasteiger partial charge in [-0.05, 0) is 38.3 Å². The zero-order valence-corrected chi connectivity index (χ0v) is 20.2. The second kappa shape index (κ2) is 9.18. The van der Waals surface area contributed by atoms with Gasteiger partial charge in [-0.3, -0.25) is 14.4 Å². The zero-order valence-electron chi connectivity index (χ0n) is 20.2. The molecule has 3 aliphatic rings. The number of esters is 3. The molecule has 3 rings (SSSR count). The van der Waals surface area contributed by atoms with Crippen molar-refractivity contribution in [2.75, 3.05) is 7.05 Å². The maximum absolute atomic E-state index is 12.6. The molecule has 1 aliphatic heterocycles. The lowest BCUT2D eigenvalue weighted by Gasteiger charge is -2.40. The molecule has 1 saturated carbocycles. The van der Waals surface area contributed by atoms with Crippen LogP contribution in [0, 0.1) is 11.8 Å². The van der Waals surface area contributed by atoms with Gasteiger partial charge in [-0.25, -0.2) is 4.79 Å². The highest BCUT2D eigenvalue weighted by Gasteiger charge is 2.70. The summed E-state index contributed by atoms with van der Waals surface area (Å²) in [4.78, 5) is 49.4. The predicted molar refractivity (Wildman–Crippen MR) is 115 cm³/mol. The SMILES string of the molecule is CCCC(=O)O[C@H]1C[C@](C)(OC(C)=O)C2C(=C(C)[C@H](O)[C@H]2OC(=O)NC)[C@@H]2OC(=O)[C@H](C)[C@@]12O. The van der Waals surface area contributed by atoms with Crippen molar-refractivity contribution in [1.29, 1.82) is 0 Å². The second-order valence-electron chi connectivity index (χ2n) is 9.45. The van der Waals surface area contributed by atoms with E-state index in [0.717, 1.165) is 0 Å². The molecule has 1 saturated heterocycles. The summed E-state index contributed by atoms with van der Waals surface area (Å²) in [6.45, 7) is 7.58. The van der Waals surface area contributed by atoms with E-state index in [1.165, 1.54) is 20.9 Å². The fourth-order valence-corrected chi connectivity index (χ4v) is 5.52. The Hall–Kier alpha value is -2.66. The summed E-state index contributed by atoms with van der Waals surface area (Å²) < 4.78 is 22.5. The number of hydrogen-bond acceptors (Lipinski definition) is 10. The Kier molecular flexibility index (Phi) is 7.01. The summed E-state index contributed by atoms with van der Waals surface area (Å²) in [7, 11) is 1.35. The average Bonchev–Trinajstić information content (AvgIpc) is 3.10. The van der Waals surface area contributed by atoms with Gasteiger partial charge in [-0.1, -0.05) is 6.92 Å². The highest BCUT2D eigenvalue weighted by Crippen LogP contribution is 2.56. The summed E-state index contributed by atoms with van der Waals surface area (Å²) in [5.74, 6) is -4.04. The number of carbonyl (C=O) groups is 4. The molecule has 0 bridgehead atoms. The van der Waals surface area contributed by atoms with Gasteiger partial charge in [0.05, 0.1) is 11.8 Å². The van der Waals surface area contributed by atoms with Gasteiger partial charge in [0.1, 0.15) is 23.9 Å². The first-order valence-electron chi connectivity index (χ1n) is 11.4. The van der Waals surface area contributed by atoms with Crippen molar-refractivity contribution in [1.82, 2.24) is 5.32 Å². The Balaban J connectivity index is 2.22. The Bertz CT molecular complexity index is 915. The number of alkyl carbamates (subject to hydrolysis) is 1. The van der Waals surface area contributed by atoms with Crippen molar-refractivity contribution in [2.24, 2.45) is 11.8 Å². The van der Waals surface area contributed by atoms with Crippen LogP contribution in [0.2, 0.25) is 0 Å². The maximum atomic E-state index is 12.6. The van der Waals surface area contributed by atoms with Crippen molar-refractivity contribution < 1.29 is 48.3 Å². The molecule has 0 spiro atoms. The molecule has 1 heterocycles. The number of fused-ring (bicyclic) bond motifs is 3. The quantitative estimate of drug-likeness (QED) is 0.289. The first kappa shape index (κ1) is 26.0. The molecule has 8 atom stereocenters. The minimum atomic E-state index is -2.01. The van der Waals surface area contributed by atoms with Gasteiger partial charge >= 0.3 is 24.0 Å². The van der Waals surface area contributed by atoms with E-state index in [2.05, 4.69) is 5.32 Å². The molecule has 1 unspecified atom stereocenters. The van der Waals surface area contributed by atoms with Gasteiger partial charge in [0, 0.05) is 26.8 Å². The van der Waals surface area contributed by atoms with E-state index in [1.54, 1.807) is 20.8 Å². The molecule has 11 nitrogen and oxygen atoms in total. The van der Waals surface area contributed by atoms with Gasteiger partial charge < -0.3 is 34.5 Å². The fourth-order valence-electron chi connectivity index (χ4n) is 5.52. The van der Waals surface area contributed by atoms with Crippen LogP contribution < -0.4 is 5.32 Å². The average molecular weight is 484 g/mol. The van der Waals surface area contributed by atoms with Crippen molar-refractivity contribution in [2.45, 2.75) is 89.5 Å².